The summed E-state index contributed by atoms with van der Waals surface area (Å²) < 4.78 is 24.5. The van der Waals surface area contributed by atoms with Crippen molar-refractivity contribution in [3.05, 3.63) is 0 Å². The standard InChI is InChI=1S/C9H17N3O2S/c10-15(13,14)12(7-1-2-7)8-3-9(4-8)5-11-6-9/h7-8,11H,1-6H2,(H2,10,13,14). The van der Waals surface area contributed by atoms with E-state index in [1.54, 1.807) is 4.31 Å². The monoisotopic (exact) mass is 231 g/mol. The summed E-state index contributed by atoms with van der Waals surface area (Å²) in [6, 6.07) is 0.380. The molecule has 6 heteroatoms. The van der Waals surface area contributed by atoms with Crippen molar-refractivity contribution < 1.29 is 8.42 Å². The van der Waals surface area contributed by atoms with Crippen LogP contribution in [-0.4, -0.2) is 37.9 Å². The van der Waals surface area contributed by atoms with Crippen molar-refractivity contribution in [3.63, 3.8) is 0 Å². The van der Waals surface area contributed by atoms with E-state index in [-0.39, 0.29) is 12.1 Å². The summed E-state index contributed by atoms with van der Waals surface area (Å²) in [4.78, 5) is 0. The summed E-state index contributed by atoms with van der Waals surface area (Å²) in [5, 5.41) is 8.51. The molecular formula is C9H17N3O2S. The predicted octanol–water partition coefficient (Wildman–Crippen LogP) is -0.594. The summed E-state index contributed by atoms with van der Waals surface area (Å²) in [7, 11) is -3.48. The molecular weight excluding hydrogens is 214 g/mol. The first-order valence-electron chi connectivity index (χ1n) is 5.52. The molecule has 5 nitrogen and oxygen atoms in total. The maximum absolute atomic E-state index is 11.5. The van der Waals surface area contributed by atoms with Crippen LogP contribution in [0.15, 0.2) is 0 Å². The van der Waals surface area contributed by atoms with E-state index in [4.69, 9.17) is 5.14 Å². The third-order valence-electron chi connectivity index (χ3n) is 3.90. The molecule has 3 rings (SSSR count). The molecule has 3 fully saturated rings. The van der Waals surface area contributed by atoms with Crippen LogP contribution >= 0.6 is 0 Å². The Balaban J connectivity index is 1.70. The van der Waals surface area contributed by atoms with Crippen molar-refractivity contribution in [1.29, 1.82) is 0 Å². The van der Waals surface area contributed by atoms with Crippen LogP contribution in [0.3, 0.4) is 0 Å². The number of nitrogens with two attached hydrogens (primary N) is 1. The van der Waals surface area contributed by atoms with E-state index >= 15 is 0 Å². The molecule has 3 N–H and O–H groups in total. The van der Waals surface area contributed by atoms with Gasteiger partial charge in [-0.15, -0.1) is 0 Å². The molecule has 0 radical (unpaired) electrons. The third-order valence-corrected chi connectivity index (χ3v) is 5.08. The first-order valence-corrected chi connectivity index (χ1v) is 7.03. The Morgan fingerprint density at radius 1 is 1.20 bits per heavy atom. The zero-order valence-corrected chi connectivity index (χ0v) is 9.46. The Morgan fingerprint density at radius 3 is 2.13 bits per heavy atom. The van der Waals surface area contributed by atoms with Gasteiger partial charge in [0.05, 0.1) is 0 Å². The van der Waals surface area contributed by atoms with Gasteiger partial charge in [0.1, 0.15) is 0 Å². The first kappa shape index (κ1) is 10.0. The van der Waals surface area contributed by atoms with Crippen LogP contribution in [0.2, 0.25) is 0 Å². The van der Waals surface area contributed by atoms with Crippen LogP contribution in [0, 0.1) is 5.41 Å². The molecule has 0 aromatic rings. The average molecular weight is 231 g/mol. The van der Waals surface area contributed by atoms with Crippen molar-refractivity contribution in [1.82, 2.24) is 9.62 Å². The topological polar surface area (TPSA) is 75.4 Å². The molecule has 1 saturated heterocycles. The number of hydrogen-bond acceptors (Lipinski definition) is 3. The van der Waals surface area contributed by atoms with Crippen LogP contribution < -0.4 is 10.5 Å². The minimum absolute atomic E-state index is 0.176. The summed E-state index contributed by atoms with van der Waals surface area (Å²) in [5.74, 6) is 0. The van der Waals surface area contributed by atoms with Gasteiger partial charge in [-0.2, -0.15) is 12.7 Å². The third kappa shape index (κ3) is 1.60. The molecule has 0 amide bonds. The van der Waals surface area contributed by atoms with Crippen LogP contribution in [-0.2, 0) is 10.2 Å². The summed E-state index contributed by atoms with van der Waals surface area (Å²) in [6.45, 7) is 2.10. The second-order valence-corrected chi connectivity index (χ2v) is 6.72. The lowest BCUT2D eigenvalue weighted by atomic mass is 9.61. The molecule has 0 aromatic carbocycles. The highest BCUT2D eigenvalue weighted by Crippen LogP contribution is 2.49. The van der Waals surface area contributed by atoms with E-state index in [0.29, 0.717) is 5.41 Å². The Bertz CT molecular complexity index is 365. The van der Waals surface area contributed by atoms with Gasteiger partial charge < -0.3 is 5.32 Å². The summed E-state index contributed by atoms with van der Waals surface area (Å²) >= 11 is 0. The van der Waals surface area contributed by atoms with Gasteiger partial charge in [0.25, 0.3) is 10.2 Å². The van der Waals surface area contributed by atoms with Gasteiger partial charge in [-0.1, -0.05) is 0 Å². The van der Waals surface area contributed by atoms with Crippen molar-refractivity contribution in [2.75, 3.05) is 13.1 Å². The summed E-state index contributed by atoms with van der Waals surface area (Å²) in [6.07, 6.45) is 3.95. The zero-order chi connectivity index (χ0) is 10.7. The van der Waals surface area contributed by atoms with Crippen molar-refractivity contribution >= 4 is 10.2 Å². The van der Waals surface area contributed by atoms with Crippen LogP contribution in [0.1, 0.15) is 25.7 Å². The number of nitrogens with zero attached hydrogens (tertiary/aromatic N) is 1. The van der Waals surface area contributed by atoms with Gasteiger partial charge in [-0.25, -0.2) is 5.14 Å². The second kappa shape index (κ2) is 2.94. The maximum atomic E-state index is 11.5. The minimum Gasteiger partial charge on any atom is -0.316 e. The van der Waals surface area contributed by atoms with E-state index in [1.807, 2.05) is 0 Å². The number of hydrogen-bond donors (Lipinski definition) is 2. The minimum atomic E-state index is -3.48. The average Bonchev–Trinajstić information content (AvgIpc) is 2.70. The van der Waals surface area contributed by atoms with Crippen molar-refractivity contribution in [3.8, 4) is 0 Å². The normalized spacial score (nSPS) is 30.3. The highest BCUT2D eigenvalue weighted by Gasteiger charge is 2.54. The van der Waals surface area contributed by atoms with Gasteiger partial charge >= 0.3 is 0 Å². The van der Waals surface area contributed by atoms with Gasteiger partial charge in [0.15, 0.2) is 0 Å². The number of nitrogens with one attached hydrogen (secondary N) is 1. The second-order valence-electron chi connectivity index (χ2n) is 5.27. The summed E-state index contributed by atoms with van der Waals surface area (Å²) in [5.41, 5.74) is 0.405. The maximum Gasteiger partial charge on any atom is 0.277 e. The van der Waals surface area contributed by atoms with Gasteiger partial charge in [-0.3, -0.25) is 0 Å². The Hall–Kier alpha value is -0.170. The fourth-order valence-electron chi connectivity index (χ4n) is 2.93. The molecule has 0 unspecified atom stereocenters. The molecule has 15 heavy (non-hydrogen) atoms. The smallest absolute Gasteiger partial charge is 0.277 e. The van der Waals surface area contributed by atoms with Crippen LogP contribution in [0.4, 0.5) is 0 Å². The SMILES string of the molecule is NS(=O)(=O)N(C1CC1)C1CC2(CNC2)C1. The van der Waals surface area contributed by atoms with Crippen LogP contribution in [0.5, 0.6) is 0 Å². The quantitative estimate of drug-likeness (QED) is 0.681. The Labute approximate surface area is 90.2 Å². The molecule has 0 atom stereocenters. The molecule has 1 heterocycles. The lowest BCUT2D eigenvalue weighted by Crippen LogP contribution is -2.66. The fourth-order valence-corrected chi connectivity index (χ4v) is 4.12. The Kier molecular flexibility index (Phi) is 1.96. The molecule has 86 valence electrons. The largest absolute Gasteiger partial charge is 0.316 e. The van der Waals surface area contributed by atoms with E-state index in [9.17, 15) is 8.42 Å². The first-order chi connectivity index (χ1) is 7.00. The molecule has 2 aliphatic carbocycles. The molecule has 2 saturated carbocycles. The lowest BCUT2D eigenvalue weighted by molar-refractivity contribution is -0.00867. The van der Waals surface area contributed by atoms with Crippen molar-refractivity contribution in [2.24, 2.45) is 10.6 Å². The Morgan fingerprint density at radius 2 is 1.80 bits per heavy atom. The molecule has 1 spiro atoms. The number of rotatable bonds is 3. The van der Waals surface area contributed by atoms with Crippen LogP contribution in [0.25, 0.3) is 0 Å². The van der Waals surface area contributed by atoms with Gasteiger partial charge in [-0.05, 0) is 31.1 Å². The highest BCUT2D eigenvalue weighted by atomic mass is 32.2. The van der Waals surface area contributed by atoms with Gasteiger partial charge in [0, 0.05) is 25.2 Å². The van der Waals surface area contributed by atoms with E-state index in [1.165, 1.54) is 0 Å². The highest BCUT2D eigenvalue weighted by molar-refractivity contribution is 7.86. The van der Waals surface area contributed by atoms with E-state index in [2.05, 4.69) is 5.32 Å². The van der Waals surface area contributed by atoms with Gasteiger partial charge in [0.2, 0.25) is 0 Å². The van der Waals surface area contributed by atoms with Crippen molar-refractivity contribution in [2.45, 2.75) is 37.8 Å². The van der Waals surface area contributed by atoms with E-state index in [0.717, 1.165) is 38.8 Å². The molecule has 0 aromatic heterocycles. The fraction of sp³-hybridized carbons (Fsp3) is 1.00. The predicted molar refractivity (Wildman–Crippen MR) is 56.3 cm³/mol. The van der Waals surface area contributed by atoms with E-state index < -0.39 is 10.2 Å². The molecule has 0 bridgehead atoms. The lowest BCUT2D eigenvalue weighted by Gasteiger charge is -2.56. The zero-order valence-electron chi connectivity index (χ0n) is 8.65. The molecule has 1 aliphatic heterocycles. The molecule has 3 aliphatic rings.